The minimum atomic E-state index is -3.88. The van der Waals surface area contributed by atoms with E-state index in [4.69, 9.17) is 0 Å². The van der Waals surface area contributed by atoms with E-state index in [2.05, 4.69) is 110 Å². The minimum absolute atomic E-state index is 0.0318. The van der Waals surface area contributed by atoms with Crippen molar-refractivity contribution in [3.8, 4) is 22.3 Å². The monoisotopic (exact) mass is 788 g/mol. The van der Waals surface area contributed by atoms with Crippen molar-refractivity contribution in [1.29, 1.82) is 0 Å². The Labute approximate surface area is 341 Å². The van der Waals surface area contributed by atoms with Crippen LogP contribution in [0.5, 0.6) is 0 Å². The zero-order chi connectivity index (χ0) is 40.4. The highest BCUT2D eigenvalue weighted by atomic mass is 32.2. The van der Waals surface area contributed by atoms with Gasteiger partial charge in [-0.2, -0.15) is 0 Å². The Kier molecular flexibility index (Phi) is 10.3. The van der Waals surface area contributed by atoms with Gasteiger partial charge in [0.2, 0.25) is 9.84 Å². The molecule has 0 aliphatic carbocycles. The molecule has 6 heteroatoms. The van der Waals surface area contributed by atoms with Crippen molar-refractivity contribution >= 4 is 50.2 Å². The maximum Gasteiger partial charge on any atom is 0.208 e. The van der Waals surface area contributed by atoms with Crippen LogP contribution in [0.25, 0.3) is 22.3 Å². The fourth-order valence-electron chi connectivity index (χ4n) is 8.14. The maximum atomic E-state index is 13.8. The quantitative estimate of drug-likeness (QED) is 0.0457. The molecule has 0 aromatic heterocycles. The van der Waals surface area contributed by atoms with Gasteiger partial charge in [-0.25, -0.2) is 8.42 Å². The maximum absolute atomic E-state index is 13.8. The molecule has 0 spiro atoms. The fourth-order valence-corrected chi connectivity index (χ4v) is 14.5. The van der Waals surface area contributed by atoms with Crippen molar-refractivity contribution in [2.75, 3.05) is 0 Å². The Bertz CT molecular complexity index is 2850. The largest absolute Gasteiger partial charge is 0.289 e. The number of hydrogen-bond donors (Lipinski definition) is 0. The number of aryl methyl sites for hydroxylation is 1. The minimum Gasteiger partial charge on any atom is -0.289 e. The normalized spacial score (nSPS) is 13.5. The lowest BCUT2D eigenvalue weighted by atomic mass is 9.97. The molecular weight excluding hydrogens is 749 g/mol. The molecule has 4 nitrogen and oxygen atoms in total. The fraction of sp³-hybridized carbons (Fsp3) is 0.0385. The van der Waals surface area contributed by atoms with E-state index in [-0.39, 0.29) is 32.5 Å². The summed E-state index contributed by atoms with van der Waals surface area (Å²) in [5.41, 5.74) is 6.50. The second-order valence-corrected chi connectivity index (χ2v) is 20.2. The SMILES string of the molecule is C=CC=CC(C)=CC(=O)c1ccc(-c2ccc([Si](c3ccccc3)(c3ccccc3)c3ccc(-c4ccc5c(c4)S(=O)(=O)c4ccccc4C5=O)cc3)cc2)cc1C. The molecule has 58 heavy (non-hydrogen) atoms. The van der Waals surface area contributed by atoms with Gasteiger partial charge in [0.25, 0.3) is 0 Å². The zero-order valence-corrected chi connectivity index (χ0v) is 34.0. The van der Waals surface area contributed by atoms with Gasteiger partial charge in [-0.1, -0.05) is 170 Å². The molecule has 0 N–H and O–H groups in total. The average molecular weight is 789 g/mol. The van der Waals surface area contributed by atoms with Crippen LogP contribution in [0.1, 0.15) is 38.8 Å². The highest BCUT2D eigenvalue weighted by Crippen LogP contribution is 2.36. The number of ketones is 2. The van der Waals surface area contributed by atoms with Crippen LogP contribution in [-0.4, -0.2) is 28.1 Å². The molecule has 1 aliphatic rings. The second-order valence-electron chi connectivity index (χ2n) is 14.6. The summed E-state index contributed by atoms with van der Waals surface area (Å²) in [7, 11) is -6.79. The lowest BCUT2D eigenvalue weighted by Crippen LogP contribution is -2.74. The van der Waals surface area contributed by atoms with Crippen molar-refractivity contribution in [2.24, 2.45) is 0 Å². The molecule has 282 valence electrons. The summed E-state index contributed by atoms with van der Waals surface area (Å²) in [4.78, 5) is 26.5. The van der Waals surface area contributed by atoms with Crippen molar-refractivity contribution < 1.29 is 18.0 Å². The van der Waals surface area contributed by atoms with Gasteiger partial charge < -0.3 is 0 Å². The second kappa shape index (κ2) is 15.7. The first-order chi connectivity index (χ1) is 28.1. The Morgan fingerprint density at radius 1 is 0.569 bits per heavy atom. The van der Waals surface area contributed by atoms with Gasteiger partial charge in [-0.15, -0.1) is 0 Å². The smallest absolute Gasteiger partial charge is 0.208 e. The van der Waals surface area contributed by atoms with Crippen molar-refractivity contribution in [2.45, 2.75) is 23.6 Å². The number of fused-ring (bicyclic) bond motifs is 2. The summed E-state index contributed by atoms with van der Waals surface area (Å²) in [5.74, 6) is -0.316. The van der Waals surface area contributed by atoms with Gasteiger partial charge in [0.05, 0.1) is 9.79 Å². The van der Waals surface area contributed by atoms with Gasteiger partial charge >= 0.3 is 0 Å². The van der Waals surface area contributed by atoms with Crippen LogP contribution < -0.4 is 20.7 Å². The van der Waals surface area contributed by atoms with Gasteiger partial charge in [0, 0.05) is 16.7 Å². The Hall–Kier alpha value is -6.73. The van der Waals surface area contributed by atoms with Crippen molar-refractivity contribution in [3.63, 3.8) is 0 Å². The first-order valence-corrected chi connectivity index (χ1v) is 22.6. The predicted octanol–water partition coefficient (Wildman–Crippen LogP) is 8.95. The Balaban J connectivity index is 1.20. The highest BCUT2D eigenvalue weighted by molar-refractivity contribution is 7.91. The molecule has 0 amide bonds. The number of allylic oxidation sites excluding steroid dienone is 5. The van der Waals surface area contributed by atoms with Crippen LogP contribution >= 0.6 is 0 Å². The average Bonchev–Trinajstić information content (AvgIpc) is 3.26. The topological polar surface area (TPSA) is 68.3 Å². The third-order valence-electron chi connectivity index (χ3n) is 11.0. The van der Waals surface area contributed by atoms with E-state index >= 15 is 0 Å². The molecule has 1 aliphatic heterocycles. The summed E-state index contributed by atoms with van der Waals surface area (Å²) in [6.45, 7) is 7.58. The van der Waals surface area contributed by atoms with E-state index in [1.54, 1.807) is 42.5 Å². The molecule has 0 bridgehead atoms. The van der Waals surface area contributed by atoms with Gasteiger partial charge in [0.1, 0.15) is 0 Å². The third kappa shape index (κ3) is 6.76. The van der Waals surface area contributed by atoms with Crippen LogP contribution in [0.4, 0.5) is 0 Å². The van der Waals surface area contributed by atoms with Gasteiger partial charge in [-0.05, 0) is 98.3 Å². The van der Waals surface area contributed by atoms with E-state index in [9.17, 15) is 18.0 Å². The van der Waals surface area contributed by atoms with Crippen LogP contribution in [0.15, 0.2) is 216 Å². The van der Waals surface area contributed by atoms with Gasteiger partial charge in [0.15, 0.2) is 19.6 Å². The van der Waals surface area contributed by atoms with Crippen LogP contribution in [0, 0.1) is 6.92 Å². The summed E-state index contributed by atoms with van der Waals surface area (Å²) >= 11 is 0. The van der Waals surface area contributed by atoms with E-state index in [1.807, 2.05) is 56.3 Å². The number of hydrogen-bond acceptors (Lipinski definition) is 4. The van der Waals surface area contributed by atoms with Crippen molar-refractivity contribution in [3.05, 3.63) is 229 Å². The molecule has 7 aromatic rings. The molecule has 7 aromatic carbocycles. The van der Waals surface area contributed by atoms with Gasteiger partial charge in [-0.3, -0.25) is 9.59 Å². The summed E-state index contributed by atoms with van der Waals surface area (Å²) < 4.78 is 27.5. The predicted molar refractivity (Wildman–Crippen MR) is 238 cm³/mol. The lowest BCUT2D eigenvalue weighted by Gasteiger charge is -2.34. The molecule has 0 unspecified atom stereocenters. The van der Waals surface area contributed by atoms with E-state index in [1.165, 1.54) is 26.8 Å². The molecule has 1 heterocycles. The zero-order valence-electron chi connectivity index (χ0n) is 32.2. The first kappa shape index (κ1) is 38.2. The Morgan fingerprint density at radius 2 is 1.05 bits per heavy atom. The molecule has 0 radical (unpaired) electrons. The molecule has 0 atom stereocenters. The van der Waals surface area contributed by atoms with E-state index in [0.717, 1.165) is 33.4 Å². The first-order valence-electron chi connectivity index (χ1n) is 19.1. The van der Waals surface area contributed by atoms with Crippen molar-refractivity contribution in [1.82, 2.24) is 0 Å². The lowest BCUT2D eigenvalue weighted by molar-refractivity contribution is 0.102. The molecule has 0 fully saturated rings. The number of sulfone groups is 1. The number of carbonyl (C=O) groups excluding carboxylic acids is 2. The van der Waals surface area contributed by atoms with Crippen LogP contribution in [0.3, 0.4) is 0 Å². The summed E-state index contributed by atoms with van der Waals surface area (Å²) in [6.07, 6.45) is 7.02. The summed E-state index contributed by atoms with van der Waals surface area (Å²) in [6, 6.07) is 56.1. The van der Waals surface area contributed by atoms with E-state index < -0.39 is 17.9 Å². The number of carbonyl (C=O) groups is 2. The summed E-state index contributed by atoms with van der Waals surface area (Å²) in [5, 5.41) is 4.82. The van der Waals surface area contributed by atoms with Crippen LogP contribution in [-0.2, 0) is 9.84 Å². The van der Waals surface area contributed by atoms with E-state index in [0.29, 0.717) is 5.56 Å². The number of rotatable bonds is 10. The molecule has 0 saturated heterocycles. The standard InChI is InChI=1S/C52H40O4SSi/c1-4-5-14-36(2)33-49(53)46-31-25-40(34-37(46)3)38-21-27-44(28-22-38)58(42-15-8-6-9-16-42,43-17-10-7-11-18-43)45-29-23-39(24-30-45)41-26-32-48-51(35-41)57(55,56)50-20-13-12-19-47(50)52(48)54/h4-35H,1H2,2-3H3. The molecule has 8 rings (SSSR count). The molecular formula is C52H40O4SSi. The third-order valence-corrected chi connectivity index (χ3v) is 17.6. The Morgan fingerprint density at radius 3 is 1.62 bits per heavy atom. The molecule has 0 saturated carbocycles. The van der Waals surface area contributed by atoms with Crippen LogP contribution in [0.2, 0.25) is 0 Å². The highest BCUT2D eigenvalue weighted by Gasteiger charge is 2.41. The number of benzene rings is 7.